The van der Waals surface area contributed by atoms with Gasteiger partial charge in [0.2, 0.25) is 5.91 Å². The summed E-state index contributed by atoms with van der Waals surface area (Å²) in [7, 11) is 0. The van der Waals surface area contributed by atoms with Crippen molar-refractivity contribution in [1.82, 2.24) is 10.2 Å². The van der Waals surface area contributed by atoms with Crippen LogP contribution in [0.15, 0.2) is 0 Å². The first-order chi connectivity index (χ1) is 8.68. The van der Waals surface area contributed by atoms with E-state index < -0.39 is 0 Å². The molecule has 0 spiro atoms. The van der Waals surface area contributed by atoms with Crippen molar-refractivity contribution in [3.63, 3.8) is 0 Å². The molecule has 3 aliphatic rings. The molecule has 3 atom stereocenters. The summed E-state index contributed by atoms with van der Waals surface area (Å²) in [6, 6.07) is 0.446. The van der Waals surface area contributed by atoms with Crippen LogP contribution >= 0.6 is 0 Å². The quantitative estimate of drug-likeness (QED) is 0.813. The zero-order valence-electron chi connectivity index (χ0n) is 11.7. The normalized spacial score (nSPS) is 38.1. The van der Waals surface area contributed by atoms with Gasteiger partial charge in [-0.05, 0) is 38.0 Å². The lowest BCUT2D eigenvalue weighted by Crippen LogP contribution is -2.46. The van der Waals surface area contributed by atoms with E-state index in [2.05, 4.69) is 24.1 Å². The largest absolute Gasteiger partial charge is 0.339 e. The van der Waals surface area contributed by atoms with Crippen molar-refractivity contribution in [2.24, 2.45) is 17.3 Å². The molecule has 1 N–H and O–H groups in total. The molecule has 0 aromatic rings. The number of amides is 1. The maximum atomic E-state index is 12.9. The molecule has 3 fully saturated rings. The second-order valence-electron chi connectivity index (χ2n) is 6.62. The summed E-state index contributed by atoms with van der Waals surface area (Å²) in [4.78, 5) is 15.2. The molecule has 0 radical (unpaired) electrons. The van der Waals surface area contributed by atoms with E-state index in [9.17, 15) is 4.79 Å². The van der Waals surface area contributed by atoms with Gasteiger partial charge in [-0.3, -0.25) is 4.79 Å². The summed E-state index contributed by atoms with van der Waals surface area (Å²) < 4.78 is 0. The van der Waals surface area contributed by atoms with E-state index in [-0.39, 0.29) is 5.41 Å². The van der Waals surface area contributed by atoms with Crippen molar-refractivity contribution in [3.05, 3.63) is 0 Å². The molecule has 2 heterocycles. The molecule has 2 saturated heterocycles. The average molecular weight is 250 g/mol. The van der Waals surface area contributed by atoms with Gasteiger partial charge in [0, 0.05) is 31.1 Å². The number of nitrogens with zero attached hydrogens (tertiary/aromatic N) is 1. The van der Waals surface area contributed by atoms with E-state index in [0.717, 1.165) is 38.9 Å². The first-order valence-electron chi connectivity index (χ1n) is 7.70. The van der Waals surface area contributed by atoms with Crippen molar-refractivity contribution in [1.29, 1.82) is 0 Å². The first kappa shape index (κ1) is 12.5. The van der Waals surface area contributed by atoms with Gasteiger partial charge in [0.25, 0.3) is 0 Å². The van der Waals surface area contributed by atoms with Gasteiger partial charge in [0.15, 0.2) is 0 Å². The third-order valence-electron chi connectivity index (χ3n) is 5.89. The molecule has 0 bridgehead atoms. The van der Waals surface area contributed by atoms with Crippen molar-refractivity contribution in [2.75, 3.05) is 19.6 Å². The Morgan fingerprint density at radius 1 is 1.33 bits per heavy atom. The third kappa shape index (κ3) is 1.70. The van der Waals surface area contributed by atoms with Gasteiger partial charge in [0.05, 0.1) is 0 Å². The number of nitrogens with one attached hydrogen (secondary N) is 1. The summed E-state index contributed by atoms with van der Waals surface area (Å²) in [5, 5.41) is 3.47. The van der Waals surface area contributed by atoms with E-state index >= 15 is 0 Å². The molecule has 102 valence electrons. The molecule has 18 heavy (non-hydrogen) atoms. The number of likely N-dealkylation sites (tertiary alicyclic amines) is 1. The van der Waals surface area contributed by atoms with Gasteiger partial charge in [-0.15, -0.1) is 0 Å². The minimum absolute atomic E-state index is 0.000323. The lowest BCUT2D eigenvalue weighted by Gasteiger charge is -2.34. The summed E-state index contributed by atoms with van der Waals surface area (Å²) >= 11 is 0. The Morgan fingerprint density at radius 2 is 2.06 bits per heavy atom. The summed E-state index contributed by atoms with van der Waals surface area (Å²) in [5.74, 6) is 1.88. The van der Waals surface area contributed by atoms with Crippen LogP contribution in [0, 0.1) is 17.3 Å². The SMILES string of the molecule is CCC1(C(=O)N2CC3CNCC3C2C)CCCC1. The Morgan fingerprint density at radius 3 is 2.67 bits per heavy atom. The molecule has 1 amide bonds. The average Bonchev–Trinajstić information content (AvgIpc) is 3.06. The molecule has 0 aromatic carbocycles. The van der Waals surface area contributed by atoms with E-state index in [1.165, 1.54) is 12.8 Å². The minimum Gasteiger partial charge on any atom is -0.339 e. The summed E-state index contributed by atoms with van der Waals surface area (Å²) in [6.07, 6.45) is 5.77. The Labute approximate surface area is 110 Å². The number of carbonyl (C=O) groups is 1. The fourth-order valence-corrected chi connectivity index (χ4v) is 4.51. The van der Waals surface area contributed by atoms with Crippen LogP contribution in [0.2, 0.25) is 0 Å². The van der Waals surface area contributed by atoms with Gasteiger partial charge in [-0.25, -0.2) is 0 Å². The fourth-order valence-electron chi connectivity index (χ4n) is 4.51. The van der Waals surface area contributed by atoms with E-state index in [1.807, 2.05) is 0 Å². The monoisotopic (exact) mass is 250 g/mol. The molecule has 0 aromatic heterocycles. The second-order valence-corrected chi connectivity index (χ2v) is 6.62. The van der Waals surface area contributed by atoms with Crippen molar-refractivity contribution >= 4 is 5.91 Å². The molecule has 2 aliphatic heterocycles. The van der Waals surface area contributed by atoms with Gasteiger partial charge in [0.1, 0.15) is 0 Å². The highest BCUT2D eigenvalue weighted by atomic mass is 16.2. The number of rotatable bonds is 2. The summed E-state index contributed by atoms with van der Waals surface area (Å²) in [6.45, 7) is 7.67. The highest BCUT2D eigenvalue weighted by molar-refractivity contribution is 5.83. The van der Waals surface area contributed by atoms with E-state index in [0.29, 0.717) is 23.8 Å². The molecule has 3 unspecified atom stereocenters. The standard InChI is InChI=1S/C15H26N2O/c1-3-15(6-4-5-7-15)14(18)17-10-12-8-16-9-13(12)11(17)2/h11-13,16H,3-10H2,1-2H3. The predicted molar refractivity (Wildman–Crippen MR) is 72.2 cm³/mol. The smallest absolute Gasteiger partial charge is 0.229 e. The highest BCUT2D eigenvalue weighted by Gasteiger charge is 2.49. The molecule has 3 nitrogen and oxygen atoms in total. The minimum atomic E-state index is 0.000323. The Bertz CT molecular complexity index is 335. The topological polar surface area (TPSA) is 32.3 Å². The van der Waals surface area contributed by atoms with Crippen LogP contribution in [-0.4, -0.2) is 36.5 Å². The lowest BCUT2D eigenvalue weighted by molar-refractivity contribution is -0.143. The number of hydrogen-bond acceptors (Lipinski definition) is 2. The van der Waals surface area contributed by atoms with Crippen molar-refractivity contribution in [2.45, 2.75) is 52.0 Å². The van der Waals surface area contributed by atoms with Gasteiger partial charge in [-0.2, -0.15) is 0 Å². The number of hydrogen-bond donors (Lipinski definition) is 1. The third-order valence-corrected chi connectivity index (χ3v) is 5.89. The van der Waals surface area contributed by atoms with Crippen LogP contribution in [0.25, 0.3) is 0 Å². The lowest BCUT2D eigenvalue weighted by atomic mass is 9.81. The van der Waals surface area contributed by atoms with Crippen molar-refractivity contribution in [3.8, 4) is 0 Å². The van der Waals surface area contributed by atoms with Crippen LogP contribution in [0.3, 0.4) is 0 Å². The Balaban J connectivity index is 1.77. The fraction of sp³-hybridized carbons (Fsp3) is 0.933. The maximum absolute atomic E-state index is 12.9. The van der Waals surface area contributed by atoms with Gasteiger partial charge >= 0.3 is 0 Å². The zero-order chi connectivity index (χ0) is 12.8. The highest BCUT2D eigenvalue weighted by Crippen LogP contribution is 2.45. The van der Waals surface area contributed by atoms with E-state index in [4.69, 9.17) is 0 Å². The van der Waals surface area contributed by atoms with Crippen LogP contribution in [0.5, 0.6) is 0 Å². The second kappa shape index (κ2) is 4.52. The molecule has 1 saturated carbocycles. The van der Waals surface area contributed by atoms with Crippen LogP contribution in [-0.2, 0) is 4.79 Å². The Hall–Kier alpha value is -0.570. The molecule has 3 rings (SSSR count). The molecule has 3 heteroatoms. The van der Waals surface area contributed by atoms with Crippen LogP contribution in [0.1, 0.15) is 46.0 Å². The Kier molecular flexibility index (Phi) is 3.13. The maximum Gasteiger partial charge on any atom is 0.229 e. The summed E-state index contributed by atoms with van der Waals surface area (Å²) in [5.41, 5.74) is 0.000323. The van der Waals surface area contributed by atoms with Gasteiger partial charge < -0.3 is 10.2 Å². The number of carbonyl (C=O) groups excluding carboxylic acids is 1. The van der Waals surface area contributed by atoms with Crippen LogP contribution < -0.4 is 5.32 Å². The van der Waals surface area contributed by atoms with E-state index in [1.54, 1.807) is 0 Å². The first-order valence-corrected chi connectivity index (χ1v) is 7.70. The zero-order valence-corrected chi connectivity index (χ0v) is 11.7. The predicted octanol–water partition coefficient (Wildman–Crippen LogP) is 2.02. The van der Waals surface area contributed by atoms with Gasteiger partial charge in [-0.1, -0.05) is 19.8 Å². The molecule has 1 aliphatic carbocycles. The van der Waals surface area contributed by atoms with Crippen molar-refractivity contribution < 1.29 is 4.79 Å². The molecular weight excluding hydrogens is 224 g/mol. The molecular formula is C15H26N2O. The number of fused-ring (bicyclic) bond motifs is 1. The van der Waals surface area contributed by atoms with Crippen LogP contribution in [0.4, 0.5) is 0 Å².